The van der Waals surface area contributed by atoms with Gasteiger partial charge in [0.15, 0.2) is 5.58 Å². The fraction of sp³-hybridized carbons (Fsp3) is 0.326. The smallest absolute Gasteiger partial charge is 0.408 e. The van der Waals surface area contributed by atoms with E-state index in [1.807, 2.05) is 48.5 Å². The molecule has 1 aromatic heterocycles. The van der Waals surface area contributed by atoms with Crippen LogP contribution in [0.3, 0.4) is 0 Å². The Morgan fingerprint density at radius 2 is 1.39 bits per heavy atom. The average Bonchev–Trinajstić information content (AvgIpc) is 3.21. The topological polar surface area (TPSA) is 174 Å². The molecule has 1 unspecified atom stereocenters. The summed E-state index contributed by atoms with van der Waals surface area (Å²) < 4.78 is 50.0. The highest BCUT2D eigenvalue weighted by Crippen LogP contribution is 2.36. The second-order valence-corrected chi connectivity index (χ2v) is 15.3. The molecular formula is C46H50F2N4O9. The summed E-state index contributed by atoms with van der Waals surface area (Å²) in [5.74, 6) is -1.30. The largest absolute Gasteiger partial charge is 0.488 e. The lowest BCUT2D eigenvalue weighted by molar-refractivity contribution is -0.128. The highest BCUT2D eigenvalue weighted by molar-refractivity contribution is 5.98. The molecule has 5 aromatic rings. The van der Waals surface area contributed by atoms with Crippen LogP contribution in [-0.2, 0) is 38.7 Å². The summed E-state index contributed by atoms with van der Waals surface area (Å²) in [6, 6.07) is 26.6. The first-order valence-electron chi connectivity index (χ1n) is 19.8. The van der Waals surface area contributed by atoms with Gasteiger partial charge in [0.1, 0.15) is 42.2 Å². The van der Waals surface area contributed by atoms with E-state index in [0.717, 1.165) is 11.1 Å². The molecule has 15 heteroatoms. The van der Waals surface area contributed by atoms with Crippen LogP contribution in [0.2, 0.25) is 0 Å². The maximum absolute atomic E-state index is 14.2. The van der Waals surface area contributed by atoms with Crippen LogP contribution in [0, 0.1) is 6.92 Å². The Morgan fingerprint density at radius 3 is 2.05 bits per heavy atom. The Morgan fingerprint density at radius 1 is 0.738 bits per heavy atom. The molecule has 0 aliphatic heterocycles. The fourth-order valence-electron chi connectivity index (χ4n) is 6.28. The minimum Gasteiger partial charge on any atom is -0.488 e. The number of benzene rings is 4. The van der Waals surface area contributed by atoms with Crippen molar-refractivity contribution in [2.45, 2.75) is 90.7 Å². The Bertz CT molecular complexity index is 2320. The van der Waals surface area contributed by atoms with Crippen LogP contribution < -0.4 is 31.6 Å². The Kier molecular flexibility index (Phi) is 16.0. The summed E-state index contributed by atoms with van der Waals surface area (Å²) in [5, 5.41) is 11.3. The number of amides is 4. The van der Waals surface area contributed by atoms with Crippen molar-refractivity contribution in [2.75, 3.05) is 11.9 Å². The van der Waals surface area contributed by atoms with Crippen LogP contribution in [0.25, 0.3) is 11.0 Å². The third-order valence-electron chi connectivity index (χ3n) is 9.28. The Hall–Kier alpha value is -6.77. The number of halogens is 2. The second kappa shape index (κ2) is 21.5. The molecule has 0 saturated heterocycles. The normalized spacial score (nSPS) is 12.2. The number of carbonyl (C=O) groups excluding carboxylic acids is 4. The van der Waals surface area contributed by atoms with Crippen molar-refractivity contribution in [3.63, 3.8) is 0 Å². The first-order valence-corrected chi connectivity index (χ1v) is 19.8. The molecule has 0 radical (unpaired) electrons. The van der Waals surface area contributed by atoms with Gasteiger partial charge in [-0.15, -0.1) is 0 Å². The molecule has 13 nitrogen and oxygen atoms in total. The third kappa shape index (κ3) is 14.2. The van der Waals surface area contributed by atoms with Crippen molar-refractivity contribution < 1.29 is 46.6 Å². The number of rotatable bonds is 18. The van der Waals surface area contributed by atoms with E-state index in [2.05, 4.69) is 21.3 Å². The van der Waals surface area contributed by atoms with E-state index in [4.69, 9.17) is 18.6 Å². The number of fused-ring (bicyclic) bond motifs is 1. The summed E-state index contributed by atoms with van der Waals surface area (Å²) in [6.45, 7) is 7.02. The molecule has 0 fully saturated rings. The van der Waals surface area contributed by atoms with Gasteiger partial charge in [-0.05, 0) is 93.5 Å². The van der Waals surface area contributed by atoms with E-state index >= 15 is 0 Å². The molecule has 4 aromatic carbocycles. The van der Waals surface area contributed by atoms with Crippen LogP contribution in [0.1, 0.15) is 74.3 Å². The lowest BCUT2D eigenvalue weighted by Crippen LogP contribution is -2.53. The van der Waals surface area contributed by atoms with Gasteiger partial charge >= 0.3 is 17.8 Å². The summed E-state index contributed by atoms with van der Waals surface area (Å²) in [7, 11) is 0. The number of hydrogen-bond donors (Lipinski definition) is 4. The van der Waals surface area contributed by atoms with Gasteiger partial charge in [-0.2, -0.15) is 0 Å². The van der Waals surface area contributed by atoms with E-state index in [1.165, 1.54) is 12.1 Å². The summed E-state index contributed by atoms with van der Waals surface area (Å²) in [4.78, 5) is 64.8. The summed E-state index contributed by atoms with van der Waals surface area (Å²) in [5.41, 5.74) is 0.797. The summed E-state index contributed by atoms with van der Waals surface area (Å²) >= 11 is 0. The standard InChI is InChI=1S/C46H50F2N4O9/c1-29-25-38(53)60-40-34(29)22-23-37(39(40)41(47)48)58-27-32-18-20-33(21-19-32)50-42(54)35(17-11-12-24-49-44(56)61-46(2,3)4)51-43(55)36(26-30-13-7-5-8-14-30)52-45(57)59-28-31-15-9-6-10-16-31/h5-10,13-16,18-23,25,35-36,41H,11-12,17,24,26-28H2,1-4H3,(H,49,56)(H,50,54)(H,51,55)(H,52,57)/t35-,36?/m0/s1. The van der Waals surface area contributed by atoms with Gasteiger partial charge in [0.25, 0.3) is 6.43 Å². The van der Waals surface area contributed by atoms with E-state index in [0.29, 0.717) is 35.0 Å². The molecule has 5 rings (SSSR count). The first kappa shape index (κ1) is 45.3. The maximum atomic E-state index is 14.2. The van der Waals surface area contributed by atoms with E-state index in [-0.39, 0.29) is 43.9 Å². The zero-order valence-electron chi connectivity index (χ0n) is 34.4. The highest BCUT2D eigenvalue weighted by Gasteiger charge is 2.28. The Balaban J connectivity index is 1.27. The number of hydrogen-bond acceptors (Lipinski definition) is 9. The molecule has 4 N–H and O–H groups in total. The average molecular weight is 841 g/mol. The van der Waals surface area contributed by atoms with Crippen LogP contribution in [0.15, 0.2) is 112 Å². The molecule has 0 aliphatic rings. The molecule has 0 aliphatic carbocycles. The van der Waals surface area contributed by atoms with Crippen molar-refractivity contribution in [1.29, 1.82) is 0 Å². The molecule has 4 amide bonds. The predicted molar refractivity (Wildman–Crippen MR) is 225 cm³/mol. The minimum absolute atomic E-state index is 0.0148. The number of nitrogens with one attached hydrogen (secondary N) is 4. The van der Waals surface area contributed by atoms with Crippen molar-refractivity contribution in [3.8, 4) is 5.75 Å². The van der Waals surface area contributed by atoms with Gasteiger partial charge in [-0.3, -0.25) is 9.59 Å². The molecule has 61 heavy (non-hydrogen) atoms. The number of unbranched alkanes of at least 4 members (excludes halogenated alkanes) is 1. The Labute approximate surface area is 352 Å². The molecule has 1 heterocycles. The van der Waals surface area contributed by atoms with Gasteiger partial charge in [0.05, 0.1) is 0 Å². The molecule has 322 valence electrons. The van der Waals surface area contributed by atoms with E-state index in [1.54, 1.807) is 70.2 Å². The molecule has 2 atom stereocenters. The SMILES string of the molecule is Cc1cc(=O)oc2c(C(F)F)c(OCc3ccc(NC(=O)[C@H](CCCCNC(=O)OC(C)(C)C)NC(=O)C(Cc4ccccc4)NC(=O)OCc4ccccc4)cc3)ccc12. The zero-order chi connectivity index (χ0) is 43.9. The van der Waals surface area contributed by atoms with Crippen LogP contribution in [0.5, 0.6) is 5.75 Å². The number of anilines is 1. The molecule has 0 saturated carbocycles. The van der Waals surface area contributed by atoms with Crippen LogP contribution in [-0.4, -0.2) is 48.2 Å². The number of ether oxygens (including phenoxy) is 3. The van der Waals surface area contributed by atoms with E-state index in [9.17, 15) is 32.8 Å². The zero-order valence-corrected chi connectivity index (χ0v) is 34.4. The van der Waals surface area contributed by atoms with Gasteiger partial charge in [-0.25, -0.2) is 23.2 Å². The number of aryl methyl sites for hydroxylation is 1. The molecule has 0 bridgehead atoms. The minimum atomic E-state index is -2.98. The number of carbonyl (C=O) groups is 4. The van der Waals surface area contributed by atoms with Crippen molar-refractivity contribution in [3.05, 3.63) is 141 Å². The summed E-state index contributed by atoms with van der Waals surface area (Å²) in [6.07, 6.45) is -3.21. The maximum Gasteiger partial charge on any atom is 0.408 e. The van der Waals surface area contributed by atoms with Crippen molar-refractivity contribution in [1.82, 2.24) is 16.0 Å². The van der Waals surface area contributed by atoms with Crippen molar-refractivity contribution in [2.24, 2.45) is 0 Å². The number of alkyl halides is 2. The quantitative estimate of drug-likeness (QED) is 0.0500. The third-order valence-corrected chi connectivity index (χ3v) is 9.28. The fourth-order valence-corrected chi connectivity index (χ4v) is 6.28. The molecular weight excluding hydrogens is 791 g/mol. The first-order chi connectivity index (χ1) is 29.1. The van der Waals surface area contributed by atoms with Gasteiger partial charge in [0, 0.05) is 30.1 Å². The highest BCUT2D eigenvalue weighted by atomic mass is 19.3. The van der Waals surface area contributed by atoms with Crippen LogP contribution in [0.4, 0.5) is 24.1 Å². The van der Waals surface area contributed by atoms with Gasteiger partial charge in [-0.1, -0.05) is 72.8 Å². The van der Waals surface area contributed by atoms with Crippen molar-refractivity contribution >= 4 is 40.7 Å². The lowest BCUT2D eigenvalue weighted by atomic mass is 10.0. The second-order valence-electron chi connectivity index (χ2n) is 15.3. The van der Waals surface area contributed by atoms with Crippen LogP contribution >= 0.6 is 0 Å². The van der Waals surface area contributed by atoms with Gasteiger partial charge < -0.3 is 39.9 Å². The predicted octanol–water partition coefficient (Wildman–Crippen LogP) is 8.27. The number of alkyl carbamates (subject to hydrolysis) is 2. The monoisotopic (exact) mass is 840 g/mol. The molecule has 0 spiro atoms. The van der Waals surface area contributed by atoms with Gasteiger partial charge in [0.2, 0.25) is 11.8 Å². The lowest BCUT2D eigenvalue weighted by Gasteiger charge is -2.23. The van der Waals surface area contributed by atoms with E-state index < -0.39 is 59.3 Å².